The van der Waals surface area contributed by atoms with Gasteiger partial charge in [0.2, 0.25) is 10.0 Å². The summed E-state index contributed by atoms with van der Waals surface area (Å²) in [6.07, 6.45) is 5.31. The Morgan fingerprint density at radius 2 is 2.00 bits per heavy atom. The summed E-state index contributed by atoms with van der Waals surface area (Å²) in [5.74, 6) is -1.25. The number of piperidine rings is 1. The topological polar surface area (TPSA) is 121 Å². The van der Waals surface area contributed by atoms with Crippen LogP contribution >= 0.6 is 11.6 Å². The molecule has 0 saturated carbocycles. The minimum atomic E-state index is -4.13. The highest BCUT2D eigenvalue weighted by Gasteiger charge is 2.40. The van der Waals surface area contributed by atoms with Crippen LogP contribution in [0, 0.1) is 19.7 Å². The second-order valence-electron chi connectivity index (χ2n) is 11.0. The monoisotopic (exact) mass is 612 g/mol. The fourth-order valence-electron chi connectivity index (χ4n) is 6.20. The minimum absolute atomic E-state index is 0.0590. The van der Waals surface area contributed by atoms with Gasteiger partial charge in [-0.15, -0.1) is 10.2 Å². The van der Waals surface area contributed by atoms with Gasteiger partial charge in [0.05, 0.1) is 12.6 Å². The highest BCUT2D eigenvalue weighted by Crippen LogP contribution is 2.38. The number of carboxylic acid groups (broad SMARTS) is 1. The van der Waals surface area contributed by atoms with E-state index in [9.17, 15) is 22.7 Å². The quantitative estimate of drug-likeness (QED) is 0.333. The van der Waals surface area contributed by atoms with E-state index in [0.29, 0.717) is 28.3 Å². The van der Waals surface area contributed by atoms with Gasteiger partial charge < -0.3 is 10.0 Å². The molecule has 1 unspecified atom stereocenters. The molecule has 1 N–H and O–H groups in total. The number of anilines is 1. The minimum Gasteiger partial charge on any atom is -0.481 e. The van der Waals surface area contributed by atoms with E-state index in [1.807, 2.05) is 35.4 Å². The van der Waals surface area contributed by atoms with E-state index in [4.69, 9.17) is 11.6 Å². The molecule has 0 aliphatic carbocycles. The summed E-state index contributed by atoms with van der Waals surface area (Å²) < 4.78 is 45.4. The maximum absolute atomic E-state index is 14.3. The number of aliphatic carboxylic acids is 1. The van der Waals surface area contributed by atoms with Crippen molar-refractivity contribution in [1.29, 1.82) is 0 Å². The number of pyridine rings is 2. The summed E-state index contributed by atoms with van der Waals surface area (Å²) in [6.45, 7) is 4.50. The molecule has 0 spiro atoms. The van der Waals surface area contributed by atoms with Crippen LogP contribution in [0.15, 0.2) is 47.6 Å². The standard InChI is InChI=1S/C29H30ClFN6O4S/c1-17-23(8-10-36-18(2)33-34-28(17)36)24(13-27(38)39)19-6-7-25(30)20(11-19)15-35-16-22-5-3-4-9-37(22)29-26(42(35,40)41)12-21(31)14-32-29/h6-8,10-12,14,22,24H,3-5,9,13,15-16H2,1-2H3,(H,38,39)/t22?,24-/m0/s1. The first-order chi connectivity index (χ1) is 20.0. The second-order valence-corrected chi connectivity index (χ2v) is 13.3. The first kappa shape index (κ1) is 28.5. The summed E-state index contributed by atoms with van der Waals surface area (Å²) >= 11 is 6.64. The van der Waals surface area contributed by atoms with E-state index in [2.05, 4.69) is 15.2 Å². The van der Waals surface area contributed by atoms with E-state index in [1.54, 1.807) is 18.2 Å². The highest BCUT2D eigenvalue weighted by atomic mass is 35.5. The lowest BCUT2D eigenvalue weighted by atomic mass is 9.86. The van der Waals surface area contributed by atoms with Crippen LogP contribution < -0.4 is 4.90 Å². The zero-order valence-corrected chi connectivity index (χ0v) is 24.7. The van der Waals surface area contributed by atoms with Gasteiger partial charge in [-0.05, 0) is 73.6 Å². The number of fused-ring (bicyclic) bond motifs is 4. The van der Waals surface area contributed by atoms with Crippen molar-refractivity contribution in [3.05, 3.63) is 81.6 Å². The second kappa shape index (κ2) is 10.9. The Morgan fingerprint density at radius 3 is 2.79 bits per heavy atom. The molecule has 0 amide bonds. The molecule has 1 aromatic carbocycles. The highest BCUT2D eigenvalue weighted by molar-refractivity contribution is 7.89. The maximum atomic E-state index is 14.3. The number of rotatable bonds is 6. The van der Waals surface area contributed by atoms with E-state index in [-0.39, 0.29) is 36.3 Å². The lowest BCUT2D eigenvalue weighted by molar-refractivity contribution is -0.137. The molecule has 220 valence electrons. The van der Waals surface area contributed by atoms with Gasteiger partial charge in [0.15, 0.2) is 5.65 Å². The fraction of sp³-hybridized carbons (Fsp3) is 0.379. The van der Waals surface area contributed by atoms with E-state index >= 15 is 0 Å². The van der Waals surface area contributed by atoms with Gasteiger partial charge >= 0.3 is 5.97 Å². The number of benzene rings is 1. The molecular weight excluding hydrogens is 583 g/mol. The van der Waals surface area contributed by atoms with E-state index in [1.165, 1.54) is 4.31 Å². The van der Waals surface area contributed by atoms with Crippen LogP contribution in [0.5, 0.6) is 0 Å². The third-order valence-electron chi connectivity index (χ3n) is 8.34. The van der Waals surface area contributed by atoms with Crippen molar-refractivity contribution in [2.45, 2.75) is 62.9 Å². The van der Waals surface area contributed by atoms with Crippen molar-refractivity contribution in [1.82, 2.24) is 23.9 Å². The molecule has 0 bridgehead atoms. The maximum Gasteiger partial charge on any atom is 0.304 e. The molecule has 1 saturated heterocycles. The number of hydrogen-bond donors (Lipinski definition) is 1. The molecule has 2 aliphatic rings. The van der Waals surface area contributed by atoms with Crippen LogP contribution in [0.1, 0.15) is 59.7 Å². The van der Waals surface area contributed by atoms with Gasteiger partial charge in [0.25, 0.3) is 0 Å². The number of aryl methyl sites for hydroxylation is 2. The molecule has 10 nitrogen and oxygen atoms in total. The molecule has 42 heavy (non-hydrogen) atoms. The van der Waals surface area contributed by atoms with Gasteiger partial charge in [0, 0.05) is 42.8 Å². The van der Waals surface area contributed by atoms with Gasteiger partial charge in [-0.1, -0.05) is 23.7 Å². The summed E-state index contributed by atoms with van der Waals surface area (Å²) in [4.78, 5) is 18.0. The summed E-state index contributed by atoms with van der Waals surface area (Å²) in [5, 5.41) is 18.6. The smallest absolute Gasteiger partial charge is 0.304 e. The molecule has 3 aromatic heterocycles. The molecule has 5 heterocycles. The van der Waals surface area contributed by atoms with Gasteiger partial charge in [-0.2, -0.15) is 4.31 Å². The first-order valence-electron chi connectivity index (χ1n) is 13.8. The molecule has 2 atom stereocenters. The average Bonchev–Trinajstić information content (AvgIpc) is 3.30. The van der Waals surface area contributed by atoms with Crippen LogP contribution in [0.25, 0.3) is 5.65 Å². The van der Waals surface area contributed by atoms with Crippen LogP contribution in [-0.4, -0.2) is 62.5 Å². The number of halogens is 2. The molecule has 6 rings (SSSR count). The van der Waals surface area contributed by atoms with Crippen molar-refractivity contribution in [2.24, 2.45) is 0 Å². The van der Waals surface area contributed by atoms with Crippen molar-refractivity contribution in [3.8, 4) is 0 Å². The largest absolute Gasteiger partial charge is 0.481 e. The molecule has 2 aliphatic heterocycles. The third-order valence-corrected chi connectivity index (χ3v) is 10.5. The zero-order chi connectivity index (χ0) is 29.8. The average molecular weight is 613 g/mol. The van der Waals surface area contributed by atoms with Crippen molar-refractivity contribution in [3.63, 3.8) is 0 Å². The summed E-state index contributed by atoms with van der Waals surface area (Å²) in [5.41, 5.74) is 3.43. The summed E-state index contributed by atoms with van der Waals surface area (Å²) in [7, 11) is -4.13. The van der Waals surface area contributed by atoms with E-state index < -0.39 is 27.7 Å². The molecule has 0 radical (unpaired) electrons. The number of hydrogen-bond acceptors (Lipinski definition) is 7. The Kier molecular flexibility index (Phi) is 7.40. The first-order valence-corrected chi connectivity index (χ1v) is 15.6. The lowest BCUT2D eigenvalue weighted by Crippen LogP contribution is -2.45. The molecule has 1 fully saturated rings. The predicted molar refractivity (Wildman–Crippen MR) is 155 cm³/mol. The number of nitrogens with zero attached hydrogens (tertiary/aromatic N) is 6. The Morgan fingerprint density at radius 1 is 1.19 bits per heavy atom. The van der Waals surface area contributed by atoms with Gasteiger partial charge in [0.1, 0.15) is 22.4 Å². The zero-order valence-electron chi connectivity index (χ0n) is 23.2. The van der Waals surface area contributed by atoms with Crippen LogP contribution in [0.2, 0.25) is 5.02 Å². The molecular formula is C29H30ClFN6O4S. The predicted octanol–water partition coefficient (Wildman–Crippen LogP) is 4.70. The fourth-order valence-corrected chi connectivity index (χ4v) is 8.00. The molecule has 4 aromatic rings. The van der Waals surface area contributed by atoms with Gasteiger partial charge in [-0.25, -0.2) is 17.8 Å². The van der Waals surface area contributed by atoms with Gasteiger partial charge in [-0.3, -0.25) is 9.20 Å². The number of aromatic nitrogens is 4. The Hall–Kier alpha value is -3.61. The SMILES string of the molecule is Cc1c([C@@H](CC(=O)O)c2ccc(Cl)c(CN3CC4CCCCN4c4ncc(F)cc4S3(=O)=O)c2)ccn2c(C)nnc12. The van der Waals surface area contributed by atoms with Crippen LogP contribution in [-0.2, 0) is 21.4 Å². The van der Waals surface area contributed by atoms with Crippen molar-refractivity contribution >= 4 is 39.1 Å². The Bertz CT molecular complexity index is 1810. The number of carboxylic acids is 1. The normalized spacial score (nSPS) is 19.2. The Labute approximate surface area is 247 Å². The van der Waals surface area contributed by atoms with Crippen LogP contribution in [0.3, 0.4) is 0 Å². The summed E-state index contributed by atoms with van der Waals surface area (Å²) in [6, 6.07) is 8.01. The lowest BCUT2D eigenvalue weighted by Gasteiger charge is -2.36. The van der Waals surface area contributed by atoms with Crippen molar-refractivity contribution < 1.29 is 22.7 Å². The number of sulfonamides is 1. The third kappa shape index (κ3) is 5.01. The Balaban J connectivity index is 1.41. The molecule has 13 heteroatoms. The number of carbonyl (C=O) groups is 1. The van der Waals surface area contributed by atoms with Crippen molar-refractivity contribution in [2.75, 3.05) is 18.0 Å². The van der Waals surface area contributed by atoms with E-state index in [0.717, 1.165) is 48.5 Å². The van der Waals surface area contributed by atoms with Crippen LogP contribution in [0.4, 0.5) is 10.2 Å².